The lowest BCUT2D eigenvalue weighted by molar-refractivity contribution is -0.105. The molecular weight excluding hydrogens is 88.1 g/mol. The van der Waals surface area contributed by atoms with Crippen molar-refractivity contribution in [2.24, 2.45) is 0 Å². The Morgan fingerprint density at radius 2 is 2.29 bits per heavy atom. The topological polar surface area (TPSA) is 17.1 Å². The predicted molar refractivity (Wildman–Crippen MR) is 30.1 cm³/mol. The van der Waals surface area contributed by atoms with Crippen LogP contribution in [-0.2, 0) is 4.79 Å². The first-order valence-electron chi connectivity index (χ1n) is 2.45. The van der Waals surface area contributed by atoms with Gasteiger partial charge in [-0.2, -0.15) is 0 Å². The van der Waals surface area contributed by atoms with Gasteiger partial charge >= 0.3 is 0 Å². The summed E-state index contributed by atoms with van der Waals surface area (Å²) in [5.74, 6) is 0. The van der Waals surface area contributed by atoms with Crippen molar-refractivity contribution in [1.82, 2.24) is 0 Å². The fourth-order valence-corrected chi connectivity index (χ4v) is 0.355. The Labute approximate surface area is 44.0 Å². The number of rotatable bonds is 2. The molecule has 0 heterocycles. The van der Waals surface area contributed by atoms with Gasteiger partial charge in [0.15, 0.2) is 0 Å². The highest BCUT2D eigenvalue weighted by Crippen LogP contribution is 1.92. The van der Waals surface area contributed by atoms with Gasteiger partial charge < -0.3 is 0 Å². The molecule has 0 aromatic carbocycles. The molecule has 0 rings (SSSR count). The molecule has 1 heteroatoms. The highest BCUT2D eigenvalue weighted by molar-refractivity contribution is 5.72. The van der Waals surface area contributed by atoms with Crippen LogP contribution in [0.15, 0.2) is 11.6 Å². The van der Waals surface area contributed by atoms with Gasteiger partial charge in [-0.15, -0.1) is 0 Å². The van der Waals surface area contributed by atoms with Crippen molar-refractivity contribution in [3.05, 3.63) is 11.6 Å². The highest BCUT2D eigenvalue weighted by atomic mass is 16.1. The van der Waals surface area contributed by atoms with Crippen molar-refractivity contribution < 1.29 is 4.79 Å². The SMILES string of the molecule is C/C=C(\C=O)CC. The standard InChI is InChI=1S/C6H10O/c1-3-6(4-2)5-7/h3,5H,4H2,1-2H3/b6-3-. The maximum Gasteiger partial charge on any atom is 0.145 e. The van der Waals surface area contributed by atoms with Crippen molar-refractivity contribution in [2.45, 2.75) is 20.3 Å². The molecule has 7 heavy (non-hydrogen) atoms. The Hall–Kier alpha value is -0.590. The Kier molecular flexibility index (Phi) is 3.29. The Morgan fingerprint density at radius 1 is 1.71 bits per heavy atom. The third kappa shape index (κ3) is 2.15. The van der Waals surface area contributed by atoms with E-state index in [1.165, 1.54) is 0 Å². The molecule has 0 fully saturated rings. The summed E-state index contributed by atoms with van der Waals surface area (Å²) >= 11 is 0. The van der Waals surface area contributed by atoms with Crippen LogP contribution >= 0.6 is 0 Å². The van der Waals surface area contributed by atoms with E-state index in [2.05, 4.69) is 0 Å². The number of aldehydes is 1. The Morgan fingerprint density at radius 3 is 2.29 bits per heavy atom. The van der Waals surface area contributed by atoms with E-state index in [0.29, 0.717) is 0 Å². The van der Waals surface area contributed by atoms with Gasteiger partial charge in [0.2, 0.25) is 0 Å². The van der Waals surface area contributed by atoms with Gasteiger partial charge in [0, 0.05) is 0 Å². The lowest BCUT2D eigenvalue weighted by Crippen LogP contribution is -1.77. The zero-order valence-electron chi connectivity index (χ0n) is 4.77. The van der Waals surface area contributed by atoms with Crippen molar-refractivity contribution in [1.29, 1.82) is 0 Å². The normalized spacial score (nSPS) is 11.4. The van der Waals surface area contributed by atoms with Gasteiger partial charge in [-0.25, -0.2) is 0 Å². The molecule has 0 amide bonds. The first-order valence-corrected chi connectivity index (χ1v) is 2.45. The molecule has 0 radical (unpaired) electrons. The van der Waals surface area contributed by atoms with Gasteiger partial charge in [-0.1, -0.05) is 13.0 Å². The molecule has 0 aliphatic carbocycles. The number of carbonyl (C=O) groups excluding carboxylic acids is 1. The van der Waals surface area contributed by atoms with Crippen LogP contribution in [0, 0.1) is 0 Å². The molecular formula is C6H10O. The van der Waals surface area contributed by atoms with Crippen LogP contribution in [0.5, 0.6) is 0 Å². The average molecular weight is 98.1 g/mol. The minimum atomic E-state index is 0.847. The van der Waals surface area contributed by atoms with Gasteiger partial charge in [-0.3, -0.25) is 4.79 Å². The smallest absolute Gasteiger partial charge is 0.145 e. The van der Waals surface area contributed by atoms with Crippen LogP contribution in [-0.4, -0.2) is 6.29 Å². The lowest BCUT2D eigenvalue weighted by atomic mass is 10.2. The second kappa shape index (κ2) is 3.59. The molecule has 0 N–H and O–H groups in total. The van der Waals surface area contributed by atoms with E-state index in [0.717, 1.165) is 18.3 Å². The monoisotopic (exact) mass is 98.1 g/mol. The molecule has 0 aliphatic rings. The summed E-state index contributed by atoms with van der Waals surface area (Å²) < 4.78 is 0. The molecule has 0 unspecified atom stereocenters. The molecule has 0 saturated carbocycles. The van der Waals surface area contributed by atoms with Crippen LogP contribution in [0.25, 0.3) is 0 Å². The molecule has 0 bridgehead atoms. The quantitative estimate of drug-likeness (QED) is 0.378. The first kappa shape index (κ1) is 6.41. The number of allylic oxidation sites excluding steroid dienone is 2. The summed E-state index contributed by atoms with van der Waals surface area (Å²) in [6.07, 6.45) is 3.56. The van der Waals surface area contributed by atoms with Crippen molar-refractivity contribution in [2.75, 3.05) is 0 Å². The predicted octanol–water partition coefficient (Wildman–Crippen LogP) is 1.54. The lowest BCUT2D eigenvalue weighted by Gasteiger charge is -1.84. The number of hydrogen-bond acceptors (Lipinski definition) is 1. The molecule has 1 nitrogen and oxygen atoms in total. The van der Waals surface area contributed by atoms with E-state index in [1.807, 2.05) is 19.9 Å². The van der Waals surface area contributed by atoms with Gasteiger partial charge in [0.05, 0.1) is 0 Å². The summed E-state index contributed by atoms with van der Waals surface area (Å²) in [6.45, 7) is 3.83. The fourth-order valence-electron chi connectivity index (χ4n) is 0.355. The third-order valence-corrected chi connectivity index (χ3v) is 0.930. The first-order chi connectivity index (χ1) is 3.35. The van der Waals surface area contributed by atoms with E-state index in [4.69, 9.17) is 0 Å². The second-order valence-electron chi connectivity index (χ2n) is 1.33. The molecule has 0 aliphatic heterocycles. The van der Waals surface area contributed by atoms with Crippen LogP contribution in [0.1, 0.15) is 20.3 Å². The van der Waals surface area contributed by atoms with Crippen molar-refractivity contribution >= 4 is 6.29 Å². The molecule has 0 saturated heterocycles. The summed E-state index contributed by atoms with van der Waals surface area (Å²) in [7, 11) is 0. The second-order valence-corrected chi connectivity index (χ2v) is 1.33. The average Bonchev–Trinajstić information content (AvgIpc) is 1.72. The van der Waals surface area contributed by atoms with Gasteiger partial charge in [0.1, 0.15) is 6.29 Å². The molecule has 0 spiro atoms. The van der Waals surface area contributed by atoms with Crippen LogP contribution in [0.2, 0.25) is 0 Å². The van der Waals surface area contributed by atoms with E-state index in [9.17, 15) is 4.79 Å². The highest BCUT2D eigenvalue weighted by Gasteiger charge is 1.82. The maximum atomic E-state index is 9.90. The summed E-state index contributed by atoms with van der Waals surface area (Å²) in [5.41, 5.74) is 0.875. The van der Waals surface area contributed by atoms with E-state index < -0.39 is 0 Å². The number of hydrogen-bond donors (Lipinski definition) is 0. The minimum absolute atomic E-state index is 0.847. The Bertz CT molecular complexity index is 82.2. The van der Waals surface area contributed by atoms with E-state index >= 15 is 0 Å². The van der Waals surface area contributed by atoms with Gasteiger partial charge in [-0.05, 0) is 18.9 Å². The summed E-state index contributed by atoms with van der Waals surface area (Å²) in [5, 5.41) is 0. The van der Waals surface area contributed by atoms with Crippen LogP contribution in [0.3, 0.4) is 0 Å². The largest absolute Gasteiger partial charge is 0.298 e. The summed E-state index contributed by atoms with van der Waals surface area (Å²) in [6, 6.07) is 0. The maximum absolute atomic E-state index is 9.90. The molecule has 0 atom stereocenters. The van der Waals surface area contributed by atoms with E-state index in [1.54, 1.807) is 0 Å². The van der Waals surface area contributed by atoms with Crippen LogP contribution in [0.4, 0.5) is 0 Å². The molecule has 0 aromatic heterocycles. The van der Waals surface area contributed by atoms with Crippen LogP contribution < -0.4 is 0 Å². The third-order valence-electron chi connectivity index (χ3n) is 0.930. The number of carbonyl (C=O) groups is 1. The van der Waals surface area contributed by atoms with Crippen molar-refractivity contribution in [3.8, 4) is 0 Å². The fraction of sp³-hybridized carbons (Fsp3) is 0.500. The molecule has 0 aromatic rings. The minimum Gasteiger partial charge on any atom is -0.298 e. The van der Waals surface area contributed by atoms with E-state index in [-0.39, 0.29) is 0 Å². The Balaban J connectivity index is 3.60. The van der Waals surface area contributed by atoms with Crippen molar-refractivity contribution in [3.63, 3.8) is 0 Å². The molecule has 40 valence electrons. The summed E-state index contributed by atoms with van der Waals surface area (Å²) in [4.78, 5) is 9.90. The zero-order chi connectivity index (χ0) is 5.70. The van der Waals surface area contributed by atoms with Gasteiger partial charge in [0.25, 0.3) is 0 Å². The zero-order valence-corrected chi connectivity index (χ0v) is 4.77.